The second-order valence-corrected chi connectivity index (χ2v) is 7.54. The van der Waals surface area contributed by atoms with E-state index in [0.717, 1.165) is 51.3 Å². The maximum absolute atomic E-state index is 5.57. The zero-order chi connectivity index (χ0) is 16.1. The molecule has 2 atom stereocenters. The van der Waals surface area contributed by atoms with Gasteiger partial charge in [-0.2, -0.15) is 0 Å². The van der Waals surface area contributed by atoms with E-state index >= 15 is 0 Å². The van der Waals surface area contributed by atoms with Gasteiger partial charge in [-0.1, -0.05) is 26.2 Å². The molecule has 2 N–H and O–H groups in total. The molecule has 2 saturated carbocycles. The van der Waals surface area contributed by atoms with Gasteiger partial charge < -0.3 is 15.4 Å². The number of nitrogens with one attached hydrogen (secondary N) is 2. The van der Waals surface area contributed by atoms with E-state index in [0.29, 0.717) is 6.04 Å². The Morgan fingerprint density at radius 1 is 1.22 bits per heavy atom. The fraction of sp³-hybridized carbons (Fsp3) is 0.944. The lowest BCUT2D eigenvalue weighted by Gasteiger charge is -2.47. The molecule has 0 aromatic rings. The molecule has 0 bridgehead atoms. The van der Waals surface area contributed by atoms with E-state index in [4.69, 9.17) is 9.73 Å². The maximum atomic E-state index is 5.57. The Balaban J connectivity index is 1.66. The van der Waals surface area contributed by atoms with Gasteiger partial charge in [-0.3, -0.25) is 9.89 Å². The van der Waals surface area contributed by atoms with Crippen LogP contribution < -0.4 is 10.6 Å². The Morgan fingerprint density at radius 3 is 2.52 bits per heavy atom. The zero-order valence-corrected chi connectivity index (χ0v) is 14.9. The zero-order valence-electron chi connectivity index (χ0n) is 14.9. The number of ether oxygens (including phenoxy) is 1. The van der Waals surface area contributed by atoms with Crippen molar-refractivity contribution in [2.24, 2.45) is 10.9 Å². The summed E-state index contributed by atoms with van der Waals surface area (Å²) in [6.45, 7) is 10.2. The normalized spacial score (nSPS) is 31.7. The summed E-state index contributed by atoms with van der Waals surface area (Å²) in [5, 5.41) is 7.03. The Kier molecular flexibility index (Phi) is 5.81. The SMILES string of the molecule is CCNC(=NCC1(N2CCOCC2)CCCCC1)NC1CC1C. The Hall–Kier alpha value is -0.810. The molecule has 0 aromatic heterocycles. The van der Waals surface area contributed by atoms with Gasteiger partial charge in [-0.25, -0.2) is 0 Å². The van der Waals surface area contributed by atoms with Crippen LogP contribution in [0.1, 0.15) is 52.4 Å². The number of nitrogens with zero attached hydrogens (tertiary/aromatic N) is 2. The number of hydrogen-bond acceptors (Lipinski definition) is 3. The largest absolute Gasteiger partial charge is 0.379 e. The average molecular weight is 322 g/mol. The predicted molar refractivity (Wildman–Crippen MR) is 94.9 cm³/mol. The lowest BCUT2D eigenvalue weighted by atomic mass is 9.80. The topological polar surface area (TPSA) is 48.9 Å². The highest BCUT2D eigenvalue weighted by molar-refractivity contribution is 5.80. The Labute approximate surface area is 141 Å². The third-order valence-corrected chi connectivity index (χ3v) is 5.77. The van der Waals surface area contributed by atoms with Gasteiger partial charge in [0.2, 0.25) is 0 Å². The average Bonchev–Trinajstić information content (AvgIpc) is 3.29. The second-order valence-electron chi connectivity index (χ2n) is 7.54. The van der Waals surface area contributed by atoms with Crippen LogP contribution in [0.2, 0.25) is 0 Å². The van der Waals surface area contributed by atoms with E-state index in [1.807, 2.05) is 0 Å². The summed E-state index contributed by atoms with van der Waals surface area (Å²) in [4.78, 5) is 7.68. The molecular weight excluding hydrogens is 288 g/mol. The van der Waals surface area contributed by atoms with Crippen LogP contribution in [0.15, 0.2) is 4.99 Å². The van der Waals surface area contributed by atoms with Crippen molar-refractivity contribution in [1.29, 1.82) is 0 Å². The second kappa shape index (κ2) is 7.84. The minimum Gasteiger partial charge on any atom is -0.379 e. The number of aliphatic imine (C=N–C) groups is 1. The molecule has 5 heteroatoms. The van der Waals surface area contributed by atoms with Gasteiger partial charge in [-0.05, 0) is 32.1 Å². The van der Waals surface area contributed by atoms with Crippen molar-refractivity contribution in [3.63, 3.8) is 0 Å². The molecule has 3 aliphatic rings. The molecule has 0 aromatic carbocycles. The quantitative estimate of drug-likeness (QED) is 0.600. The van der Waals surface area contributed by atoms with E-state index in [1.54, 1.807) is 0 Å². The third kappa shape index (κ3) is 4.38. The predicted octanol–water partition coefficient (Wildman–Crippen LogP) is 1.99. The molecule has 2 unspecified atom stereocenters. The van der Waals surface area contributed by atoms with Gasteiger partial charge in [0.05, 0.1) is 19.8 Å². The molecule has 1 aliphatic heterocycles. The number of rotatable bonds is 5. The van der Waals surface area contributed by atoms with Crippen LogP contribution in [0, 0.1) is 5.92 Å². The maximum Gasteiger partial charge on any atom is 0.191 e. The molecule has 1 saturated heterocycles. The fourth-order valence-corrected chi connectivity index (χ4v) is 4.07. The minimum atomic E-state index is 0.263. The highest BCUT2D eigenvalue weighted by atomic mass is 16.5. The highest BCUT2D eigenvalue weighted by Crippen LogP contribution is 2.35. The first-order valence-corrected chi connectivity index (χ1v) is 9.61. The van der Waals surface area contributed by atoms with E-state index in [1.165, 1.54) is 38.5 Å². The van der Waals surface area contributed by atoms with Crippen molar-refractivity contribution in [2.75, 3.05) is 39.4 Å². The van der Waals surface area contributed by atoms with Crippen molar-refractivity contribution < 1.29 is 4.74 Å². The molecule has 5 nitrogen and oxygen atoms in total. The van der Waals surface area contributed by atoms with Crippen molar-refractivity contribution in [2.45, 2.75) is 64.0 Å². The number of guanidine groups is 1. The van der Waals surface area contributed by atoms with Crippen LogP contribution in [0.4, 0.5) is 0 Å². The summed E-state index contributed by atoms with van der Waals surface area (Å²) < 4.78 is 5.57. The standard InChI is InChI=1S/C18H34N4O/c1-3-19-17(21-16-13-15(16)2)20-14-18(7-5-4-6-8-18)22-9-11-23-12-10-22/h15-16H,3-14H2,1-2H3,(H2,19,20,21). The Morgan fingerprint density at radius 2 is 1.91 bits per heavy atom. The fourth-order valence-electron chi connectivity index (χ4n) is 4.07. The van der Waals surface area contributed by atoms with E-state index in [2.05, 4.69) is 29.4 Å². The first kappa shape index (κ1) is 17.0. The van der Waals surface area contributed by atoms with Crippen LogP contribution in [-0.4, -0.2) is 61.8 Å². The molecule has 0 spiro atoms. The van der Waals surface area contributed by atoms with Crippen LogP contribution in [0.3, 0.4) is 0 Å². The molecule has 3 fully saturated rings. The third-order valence-electron chi connectivity index (χ3n) is 5.77. The number of morpholine rings is 1. The van der Waals surface area contributed by atoms with Crippen LogP contribution in [-0.2, 0) is 4.74 Å². The molecule has 2 aliphatic carbocycles. The van der Waals surface area contributed by atoms with Gasteiger partial charge in [0.25, 0.3) is 0 Å². The molecular formula is C18H34N4O. The van der Waals surface area contributed by atoms with Gasteiger partial charge in [-0.15, -0.1) is 0 Å². The summed E-state index contributed by atoms with van der Waals surface area (Å²) in [6, 6.07) is 0.624. The first-order valence-electron chi connectivity index (χ1n) is 9.61. The first-order chi connectivity index (χ1) is 11.2. The van der Waals surface area contributed by atoms with Crippen molar-refractivity contribution in [1.82, 2.24) is 15.5 Å². The molecule has 132 valence electrons. The summed E-state index contributed by atoms with van der Waals surface area (Å²) in [5.74, 6) is 1.81. The van der Waals surface area contributed by atoms with Crippen LogP contribution >= 0.6 is 0 Å². The molecule has 0 radical (unpaired) electrons. The summed E-state index contributed by atoms with van der Waals surface area (Å²) in [5.41, 5.74) is 0.263. The van der Waals surface area contributed by atoms with Crippen LogP contribution in [0.5, 0.6) is 0 Å². The summed E-state index contributed by atoms with van der Waals surface area (Å²) >= 11 is 0. The van der Waals surface area contributed by atoms with E-state index < -0.39 is 0 Å². The molecule has 0 amide bonds. The van der Waals surface area contributed by atoms with Crippen molar-refractivity contribution in [3.05, 3.63) is 0 Å². The summed E-state index contributed by atoms with van der Waals surface area (Å²) in [6.07, 6.45) is 7.92. The van der Waals surface area contributed by atoms with E-state index in [9.17, 15) is 0 Å². The van der Waals surface area contributed by atoms with Gasteiger partial charge in [0.1, 0.15) is 0 Å². The molecule has 3 rings (SSSR count). The van der Waals surface area contributed by atoms with E-state index in [-0.39, 0.29) is 5.54 Å². The van der Waals surface area contributed by atoms with Gasteiger partial charge >= 0.3 is 0 Å². The van der Waals surface area contributed by atoms with Crippen LogP contribution in [0.25, 0.3) is 0 Å². The highest BCUT2D eigenvalue weighted by Gasteiger charge is 2.39. The van der Waals surface area contributed by atoms with Gasteiger partial charge in [0, 0.05) is 31.2 Å². The number of hydrogen-bond donors (Lipinski definition) is 2. The lowest BCUT2D eigenvalue weighted by molar-refractivity contribution is -0.0333. The molecule has 23 heavy (non-hydrogen) atoms. The minimum absolute atomic E-state index is 0.263. The molecule has 1 heterocycles. The Bertz CT molecular complexity index is 400. The van der Waals surface area contributed by atoms with Crippen molar-refractivity contribution in [3.8, 4) is 0 Å². The lowest BCUT2D eigenvalue weighted by Crippen LogP contribution is -2.56. The smallest absolute Gasteiger partial charge is 0.191 e. The van der Waals surface area contributed by atoms with Crippen molar-refractivity contribution >= 4 is 5.96 Å². The monoisotopic (exact) mass is 322 g/mol. The summed E-state index contributed by atoms with van der Waals surface area (Å²) in [7, 11) is 0. The van der Waals surface area contributed by atoms with Gasteiger partial charge in [0.15, 0.2) is 5.96 Å².